The van der Waals surface area contributed by atoms with Crippen molar-refractivity contribution >= 4 is 11.3 Å². The molecule has 0 aliphatic rings. The number of nitrogens with one attached hydrogen (secondary N) is 1. The smallest absolute Gasteiger partial charge is 0.122 e. The summed E-state index contributed by atoms with van der Waals surface area (Å²) in [7, 11) is 0. The van der Waals surface area contributed by atoms with Gasteiger partial charge in [-0.3, -0.25) is 0 Å². The summed E-state index contributed by atoms with van der Waals surface area (Å²) in [5, 5.41) is 4.67. The van der Waals surface area contributed by atoms with Gasteiger partial charge in [0.1, 0.15) is 5.82 Å². The molecular formula is C14H22N4S. The fourth-order valence-corrected chi connectivity index (χ4v) is 3.19. The number of aromatic nitrogens is 3. The number of rotatable bonds is 6. The van der Waals surface area contributed by atoms with Gasteiger partial charge in [-0.25, -0.2) is 9.97 Å². The minimum atomic E-state index is 0.318. The van der Waals surface area contributed by atoms with Crippen LogP contribution >= 0.6 is 11.3 Å². The van der Waals surface area contributed by atoms with E-state index in [1.54, 1.807) is 11.3 Å². The maximum atomic E-state index is 4.48. The topological polar surface area (TPSA) is 42.7 Å². The van der Waals surface area contributed by atoms with Gasteiger partial charge in [0.05, 0.1) is 17.2 Å². The van der Waals surface area contributed by atoms with Gasteiger partial charge in [0.25, 0.3) is 0 Å². The molecule has 0 aliphatic heterocycles. The lowest BCUT2D eigenvalue weighted by Crippen LogP contribution is -2.20. The Labute approximate surface area is 118 Å². The molecule has 1 unspecified atom stereocenters. The van der Waals surface area contributed by atoms with Gasteiger partial charge in [0, 0.05) is 29.9 Å². The van der Waals surface area contributed by atoms with E-state index in [0.29, 0.717) is 6.04 Å². The van der Waals surface area contributed by atoms with E-state index < -0.39 is 0 Å². The second kappa shape index (κ2) is 6.30. The minimum absolute atomic E-state index is 0.318. The van der Waals surface area contributed by atoms with Crippen LogP contribution in [0, 0.1) is 13.8 Å². The lowest BCUT2D eigenvalue weighted by Gasteiger charge is -2.13. The molecule has 2 heterocycles. The zero-order valence-electron chi connectivity index (χ0n) is 12.1. The fraction of sp³-hybridized carbons (Fsp3) is 0.571. The molecule has 5 heteroatoms. The van der Waals surface area contributed by atoms with Crippen LogP contribution in [-0.2, 0) is 13.1 Å². The molecule has 2 rings (SSSR count). The Bertz CT molecular complexity index is 529. The largest absolute Gasteiger partial charge is 0.334 e. The maximum Gasteiger partial charge on any atom is 0.122 e. The van der Waals surface area contributed by atoms with E-state index in [4.69, 9.17) is 0 Å². The summed E-state index contributed by atoms with van der Waals surface area (Å²) in [6.45, 7) is 10.3. The van der Waals surface area contributed by atoms with Crippen molar-refractivity contribution in [1.29, 1.82) is 0 Å². The molecule has 0 aliphatic carbocycles. The van der Waals surface area contributed by atoms with Crippen LogP contribution in [0.2, 0.25) is 0 Å². The van der Waals surface area contributed by atoms with E-state index >= 15 is 0 Å². The molecule has 0 spiro atoms. The van der Waals surface area contributed by atoms with Crippen LogP contribution in [0.25, 0.3) is 0 Å². The third-order valence-corrected chi connectivity index (χ3v) is 4.42. The summed E-state index contributed by atoms with van der Waals surface area (Å²) in [5.41, 5.74) is 1.14. The average molecular weight is 278 g/mol. The van der Waals surface area contributed by atoms with Crippen LogP contribution in [0.5, 0.6) is 0 Å². The van der Waals surface area contributed by atoms with Gasteiger partial charge in [0.15, 0.2) is 0 Å². The molecule has 0 saturated carbocycles. The standard InChI is InChI=1S/C14H22N4S/c1-5-7-18-8-6-15-13(18)9-16-10(2)14-11(3)17-12(4)19-14/h6,8,10,16H,5,7,9H2,1-4H3. The van der Waals surface area contributed by atoms with Crippen LogP contribution in [0.3, 0.4) is 0 Å². The second-order valence-electron chi connectivity index (χ2n) is 4.82. The normalized spacial score (nSPS) is 12.8. The van der Waals surface area contributed by atoms with E-state index in [1.165, 1.54) is 4.88 Å². The minimum Gasteiger partial charge on any atom is -0.334 e. The molecule has 2 aromatic rings. The van der Waals surface area contributed by atoms with Gasteiger partial charge >= 0.3 is 0 Å². The molecule has 104 valence electrons. The molecule has 0 bridgehead atoms. The van der Waals surface area contributed by atoms with Crippen molar-refractivity contribution in [3.05, 3.63) is 33.8 Å². The molecule has 2 aromatic heterocycles. The second-order valence-corrected chi connectivity index (χ2v) is 6.06. The highest BCUT2D eigenvalue weighted by molar-refractivity contribution is 7.11. The molecule has 1 N–H and O–H groups in total. The average Bonchev–Trinajstić information content (AvgIpc) is 2.93. The first kappa shape index (κ1) is 14.2. The number of nitrogens with zero attached hydrogens (tertiary/aromatic N) is 3. The zero-order valence-corrected chi connectivity index (χ0v) is 12.9. The van der Waals surface area contributed by atoms with Gasteiger partial charge in [-0.1, -0.05) is 6.92 Å². The lowest BCUT2D eigenvalue weighted by atomic mass is 10.2. The van der Waals surface area contributed by atoms with Crippen LogP contribution in [0.1, 0.15) is 47.7 Å². The zero-order chi connectivity index (χ0) is 13.8. The van der Waals surface area contributed by atoms with Crippen molar-refractivity contribution in [2.75, 3.05) is 0 Å². The highest BCUT2D eigenvalue weighted by Gasteiger charge is 2.13. The number of hydrogen-bond donors (Lipinski definition) is 1. The van der Waals surface area contributed by atoms with E-state index in [1.807, 2.05) is 12.4 Å². The SMILES string of the molecule is CCCn1ccnc1CNC(C)c1sc(C)nc1C. The van der Waals surface area contributed by atoms with Crippen LogP contribution in [0.15, 0.2) is 12.4 Å². The third-order valence-electron chi connectivity index (χ3n) is 3.17. The van der Waals surface area contributed by atoms with Crippen molar-refractivity contribution in [3.8, 4) is 0 Å². The van der Waals surface area contributed by atoms with E-state index in [2.05, 4.69) is 47.5 Å². The highest BCUT2D eigenvalue weighted by atomic mass is 32.1. The fourth-order valence-electron chi connectivity index (χ4n) is 2.24. The van der Waals surface area contributed by atoms with Gasteiger partial charge < -0.3 is 9.88 Å². The number of thiazole rings is 1. The van der Waals surface area contributed by atoms with Gasteiger partial charge in [-0.2, -0.15) is 0 Å². The lowest BCUT2D eigenvalue weighted by molar-refractivity contribution is 0.535. The molecular weight excluding hydrogens is 256 g/mol. The maximum absolute atomic E-state index is 4.48. The van der Waals surface area contributed by atoms with E-state index in [0.717, 1.165) is 36.0 Å². The van der Waals surface area contributed by atoms with E-state index in [-0.39, 0.29) is 0 Å². The van der Waals surface area contributed by atoms with Crippen LogP contribution in [-0.4, -0.2) is 14.5 Å². The molecule has 0 fully saturated rings. The molecule has 4 nitrogen and oxygen atoms in total. The van der Waals surface area contributed by atoms with Crippen molar-refractivity contribution in [2.24, 2.45) is 0 Å². The Morgan fingerprint density at radius 3 is 2.84 bits per heavy atom. The first-order chi connectivity index (χ1) is 9.11. The number of hydrogen-bond acceptors (Lipinski definition) is 4. The summed E-state index contributed by atoms with van der Waals surface area (Å²) in [5.74, 6) is 1.10. The predicted molar refractivity (Wildman–Crippen MR) is 79.4 cm³/mol. The van der Waals surface area contributed by atoms with Crippen molar-refractivity contribution in [1.82, 2.24) is 19.9 Å². The Hall–Kier alpha value is -1.20. The summed E-state index contributed by atoms with van der Waals surface area (Å²) in [6.07, 6.45) is 5.05. The summed E-state index contributed by atoms with van der Waals surface area (Å²) in [6, 6.07) is 0.318. The van der Waals surface area contributed by atoms with Gasteiger partial charge in [0.2, 0.25) is 0 Å². The summed E-state index contributed by atoms with van der Waals surface area (Å²) >= 11 is 1.77. The Morgan fingerprint density at radius 2 is 2.21 bits per heavy atom. The van der Waals surface area contributed by atoms with Crippen LogP contribution in [0.4, 0.5) is 0 Å². The highest BCUT2D eigenvalue weighted by Crippen LogP contribution is 2.24. The molecule has 0 aromatic carbocycles. The van der Waals surface area contributed by atoms with Gasteiger partial charge in [-0.15, -0.1) is 11.3 Å². The quantitative estimate of drug-likeness (QED) is 0.882. The van der Waals surface area contributed by atoms with Crippen molar-refractivity contribution < 1.29 is 0 Å². The monoisotopic (exact) mass is 278 g/mol. The summed E-state index contributed by atoms with van der Waals surface area (Å²) < 4.78 is 2.21. The third kappa shape index (κ3) is 3.42. The van der Waals surface area contributed by atoms with Crippen molar-refractivity contribution in [3.63, 3.8) is 0 Å². The Kier molecular flexibility index (Phi) is 4.71. The first-order valence-corrected chi connectivity index (χ1v) is 7.60. The van der Waals surface area contributed by atoms with Gasteiger partial charge in [-0.05, 0) is 27.2 Å². The predicted octanol–water partition coefficient (Wildman–Crippen LogP) is 3.22. The number of imidazole rings is 1. The van der Waals surface area contributed by atoms with E-state index in [9.17, 15) is 0 Å². The molecule has 0 radical (unpaired) electrons. The Balaban J connectivity index is 1.98. The Morgan fingerprint density at radius 1 is 1.42 bits per heavy atom. The molecule has 0 amide bonds. The number of aryl methyl sites for hydroxylation is 3. The summed E-state index contributed by atoms with van der Waals surface area (Å²) in [4.78, 5) is 10.2. The first-order valence-electron chi connectivity index (χ1n) is 6.79. The molecule has 0 saturated heterocycles. The molecule has 19 heavy (non-hydrogen) atoms. The van der Waals surface area contributed by atoms with Crippen LogP contribution < -0.4 is 5.32 Å². The molecule has 1 atom stereocenters. The van der Waals surface area contributed by atoms with Crippen molar-refractivity contribution in [2.45, 2.75) is 53.2 Å².